The molecule has 0 bridgehead atoms. The molecule has 0 amide bonds. The number of fused-ring (bicyclic) bond motifs is 1. The summed E-state index contributed by atoms with van der Waals surface area (Å²) in [6.07, 6.45) is 2.07. The Morgan fingerprint density at radius 3 is 2.90 bits per heavy atom. The third-order valence-corrected chi connectivity index (χ3v) is 5.13. The van der Waals surface area contributed by atoms with Crippen molar-refractivity contribution in [3.05, 3.63) is 41.2 Å². The SMILES string of the molecule is Cc1csc(Sc2nc3ccccn3c2CNC(C)C)n1. The lowest BCUT2D eigenvalue weighted by atomic mass is 10.3. The van der Waals surface area contributed by atoms with Crippen molar-refractivity contribution in [2.75, 3.05) is 0 Å². The summed E-state index contributed by atoms with van der Waals surface area (Å²) in [7, 11) is 0. The van der Waals surface area contributed by atoms with Gasteiger partial charge < -0.3 is 9.72 Å². The van der Waals surface area contributed by atoms with Crippen molar-refractivity contribution in [1.82, 2.24) is 19.7 Å². The largest absolute Gasteiger partial charge is 0.309 e. The van der Waals surface area contributed by atoms with Gasteiger partial charge in [-0.25, -0.2) is 9.97 Å². The zero-order valence-electron chi connectivity index (χ0n) is 12.3. The molecule has 6 heteroatoms. The van der Waals surface area contributed by atoms with Gasteiger partial charge in [-0.2, -0.15) is 0 Å². The third-order valence-electron chi connectivity index (χ3n) is 3.05. The average molecular weight is 318 g/mol. The van der Waals surface area contributed by atoms with E-state index in [1.807, 2.05) is 25.1 Å². The van der Waals surface area contributed by atoms with Gasteiger partial charge in [0.25, 0.3) is 0 Å². The number of pyridine rings is 1. The van der Waals surface area contributed by atoms with Crippen LogP contribution in [0.15, 0.2) is 39.1 Å². The van der Waals surface area contributed by atoms with E-state index < -0.39 is 0 Å². The maximum absolute atomic E-state index is 4.75. The van der Waals surface area contributed by atoms with E-state index in [9.17, 15) is 0 Å². The molecule has 3 aromatic heterocycles. The minimum Gasteiger partial charge on any atom is -0.309 e. The van der Waals surface area contributed by atoms with E-state index in [1.54, 1.807) is 23.1 Å². The predicted octanol–water partition coefficient (Wildman–Crippen LogP) is 3.75. The molecule has 3 heterocycles. The Morgan fingerprint density at radius 2 is 2.19 bits per heavy atom. The lowest BCUT2D eigenvalue weighted by molar-refractivity contribution is 0.574. The molecule has 3 rings (SSSR count). The molecule has 0 spiro atoms. The van der Waals surface area contributed by atoms with Crippen LogP contribution in [0.1, 0.15) is 25.2 Å². The average Bonchev–Trinajstić information content (AvgIpc) is 3.00. The first-order valence-corrected chi connectivity index (χ1v) is 8.62. The van der Waals surface area contributed by atoms with Crippen molar-refractivity contribution in [3.8, 4) is 0 Å². The van der Waals surface area contributed by atoms with Crippen LogP contribution < -0.4 is 5.32 Å². The van der Waals surface area contributed by atoms with Gasteiger partial charge >= 0.3 is 0 Å². The fraction of sp³-hybridized carbons (Fsp3) is 0.333. The highest BCUT2D eigenvalue weighted by Gasteiger charge is 2.14. The molecule has 0 atom stereocenters. The summed E-state index contributed by atoms with van der Waals surface area (Å²) in [5, 5.41) is 6.59. The molecule has 1 N–H and O–H groups in total. The summed E-state index contributed by atoms with van der Waals surface area (Å²) in [6.45, 7) is 7.13. The monoisotopic (exact) mass is 318 g/mol. The fourth-order valence-corrected chi connectivity index (χ4v) is 3.91. The van der Waals surface area contributed by atoms with Gasteiger partial charge in [-0.1, -0.05) is 19.9 Å². The lowest BCUT2D eigenvalue weighted by Crippen LogP contribution is -2.22. The van der Waals surface area contributed by atoms with Gasteiger partial charge in [-0.15, -0.1) is 11.3 Å². The van der Waals surface area contributed by atoms with Crippen LogP contribution >= 0.6 is 23.1 Å². The molecule has 0 aliphatic carbocycles. The second kappa shape index (κ2) is 6.17. The zero-order chi connectivity index (χ0) is 14.8. The van der Waals surface area contributed by atoms with Crippen LogP contribution in [0.25, 0.3) is 5.65 Å². The first kappa shape index (κ1) is 14.6. The number of nitrogens with one attached hydrogen (secondary N) is 1. The van der Waals surface area contributed by atoms with Crippen LogP contribution in [-0.2, 0) is 6.54 Å². The molecule has 21 heavy (non-hydrogen) atoms. The van der Waals surface area contributed by atoms with Gasteiger partial charge in [-0.3, -0.25) is 0 Å². The van der Waals surface area contributed by atoms with Crippen molar-refractivity contribution < 1.29 is 0 Å². The lowest BCUT2D eigenvalue weighted by Gasteiger charge is -2.09. The molecule has 0 aliphatic heterocycles. The Kier molecular flexibility index (Phi) is 4.28. The summed E-state index contributed by atoms with van der Waals surface area (Å²) in [5.74, 6) is 0. The van der Waals surface area contributed by atoms with E-state index in [0.717, 1.165) is 27.3 Å². The highest BCUT2D eigenvalue weighted by molar-refractivity contribution is 8.01. The molecule has 0 radical (unpaired) electrons. The van der Waals surface area contributed by atoms with Crippen molar-refractivity contribution in [2.45, 2.75) is 42.7 Å². The van der Waals surface area contributed by atoms with Crippen LogP contribution in [-0.4, -0.2) is 20.4 Å². The summed E-state index contributed by atoms with van der Waals surface area (Å²) in [6, 6.07) is 6.54. The first-order chi connectivity index (χ1) is 10.1. The minimum absolute atomic E-state index is 0.444. The van der Waals surface area contributed by atoms with Crippen LogP contribution in [0.3, 0.4) is 0 Å². The van der Waals surface area contributed by atoms with Crippen molar-refractivity contribution in [3.63, 3.8) is 0 Å². The van der Waals surface area contributed by atoms with Crippen LogP contribution in [0.5, 0.6) is 0 Å². The molecule has 0 aromatic carbocycles. The van der Waals surface area contributed by atoms with E-state index >= 15 is 0 Å². The molecule has 0 saturated carbocycles. The number of rotatable bonds is 5. The van der Waals surface area contributed by atoms with E-state index in [1.165, 1.54) is 5.69 Å². The molecular formula is C15H18N4S2. The number of hydrogen-bond acceptors (Lipinski definition) is 5. The number of nitrogens with zero attached hydrogens (tertiary/aromatic N) is 3. The number of hydrogen-bond donors (Lipinski definition) is 1. The Labute approximate surface area is 132 Å². The van der Waals surface area contributed by atoms with E-state index in [-0.39, 0.29) is 0 Å². The highest BCUT2D eigenvalue weighted by Crippen LogP contribution is 2.32. The van der Waals surface area contributed by atoms with Crippen molar-refractivity contribution >= 4 is 28.7 Å². The van der Waals surface area contributed by atoms with Crippen molar-refractivity contribution in [1.29, 1.82) is 0 Å². The van der Waals surface area contributed by atoms with E-state index in [0.29, 0.717) is 6.04 Å². The number of thiazole rings is 1. The van der Waals surface area contributed by atoms with E-state index in [4.69, 9.17) is 4.98 Å². The summed E-state index contributed by atoms with van der Waals surface area (Å²) < 4.78 is 3.19. The standard InChI is InChI=1S/C15H18N4S2/c1-10(2)16-8-12-14(21-15-17-11(3)9-20-15)18-13-6-4-5-7-19(12)13/h4-7,9-10,16H,8H2,1-3H3. The minimum atomic E-state index is 0.444. The van der Waals surface area contributed by atoms with Crippen molar-refractivity contribution in [2.24, 2.45) is 0 Å². The zero-order valence-corrected chi connectivity index (χ0v) is 14.0. The fourth-order valence-electron chi connectivity index (χ4n) is 2.03. The molecule has 0 saturated heterocycles. The predicted molar refractivity (Wildman–Crippen MR) is 88.1 cm³/mol. The van der Waals surface area contributed by atoms with Gasteiger partial charge in [0, 0.05) is 29.9 Å². The van der Waals surface area contributed by atoms with Crippen LogP contribution in [0.4, 0.5) is 0 Å². The summed E-state index contributed by atoms with van der Waals surface area (Å²) in [4.78, 5) is 9.27. The van der Waals surface area contributed by atoms with E-state index in [2.05, 4.69) is 40.1 Å². The normalized spacial score (nSPS) is 11.6. The maximum atomic E-state index is 4.75. The molecule has 110 valence electrons. The van der Waals surface area contributed by atoms with Gasteiger partial charge in [0.2, 0.25) is 0 Å². The smallest absolute Gasteiger partial charge is 0.156 e. The number of aromatic nitrogens is 3. The van der Waals surface area contributed by atoms with Crippen LogP contribution in [0.2, 0.25) is 0 Å². The first-order valence-electron chi connectivity index (χ1n) is 6.93. The number of aryl methyl sites for hydroxylation is 1. The highest BCUT2D eigenvalue weighted by atomic mass is 32.2. The molecular weight excluding hydrogens is 300 g/mol. The summed E-state index contributed by atoms with van der Waals surface area (Å²) in [5.41, 5.74) is 3.24. The quantitative estimate of drug-likeness (QED) is 0.778. The molecule has 4 nitrogen and oxygen atoms in total. The Morgan fingerprint density at radius 1 is 1.33 bits per heavy atom. The molecule has 0 aliphatic rings. The van der Waals surface area contributed by atoms with Gasteiger partial charge in [0.05, 0.1) is 5.69 Å². The Balaban J connectivity index is 1.97. The topological polar surface area (TPSA) is 42.2 Å². The Hall–Kier alpha value is -1.37. The molecule has 0 unspecified atom stereocenters. The van der Waals surface area contributed by atoms with Crippen LogP contribution in [0, 0.1) is 6.92 Å². The van der Waals surface area contributed by atoms with Gasteiger partial charge in [0.15, 0.2) is 4.34 Å². The summed E-state index contributed by atoms with van der Waals surface area (Å²) >= 11 is 3.32. The Bertz CT molecular complexity index is 745. The van der Waals surface area contributed by atoms with Gasteiger partial charge in [0.1, 0.15) is 10.7 Å². The maximum Gasteiger partial charge on any atom is 0.156 e. The molecule has 0 fully saturated rings. The van der Waals surface area contributed by atoms with Gasteiger partial charge in [-0.05, 0) is 30.8 Å². The second-order valence-electron chi connectivity index (χ2n) is 5.18. The molecule has 3 aromatic rings. The second-order valence-corrected chi connectivity index (χ2v) is 7.28. The number of imidazole rings is 1. The third kappa shape index (κ3) is 3.28.